The molecule has 0 radical (unpaired) electrons. The summed E-state index contributed by atoms with van der Waals surface area (Å²) in [5.74, 6) is -0.464. The van der Waals surface area contributed by atoms with E-state index in [1.807, 2.05) is 6.07 Å². The SMILES string of the molecule is N#Cc1cc(F)cc(CO[C@H](CCCCCCCCCCCCCCCCCCCC(F)(F)F)COP(=O)(O)OC[C@@]2(C#N)O[C@@H](c3ccc4c(N)ncnn34)[C@H](O)[C@@H]2O)c1. The number of phosphoric ester groups is 1. The predicted molar refractivity (Wildman–Crippen MR) is 217 cm³/mol. The second-order valence-corrected chi connectivity index (χ2v) is 17.2. The molecule has 1 aliphatic heterocycles. The Morgan fingerprint density at radius 1 is 0.902 bits per heavy atom. The number of nitrogens with two attached hydrogens (primary N) is 1. The molecule has 1 aromatic carbocycles. The largest absolute Gasteiger partial charge is 0.472 e. The topological polar surface area (TPSA) is 218 Å². The summed E-state index contributed by atoms with van der Waals surface area (Å²) in [4.78, 5) is 14.5. The first-order valence-electron chi connectivity index (χ1n) is 21.2. The minimum atomic E-state index is -4.90. The van der Waals surface area contributed by atoms with Gasteiger partial charge in [-0.05, 0) is 48.7 Å². The molecule has 0 amide bonds. The number of unbranched alkanes of at least 4 members (excludes halogenated alkanes) is 16. The molecule has 6 atom stereocenters. The van der Waals surface area contributed by atoms with Gasteiger partial charge < -0.3 is 30.3 Å². The van der Waals surface area contributed by atoms with E-state index < -0.39 is 69.5 Å². The Balaban J connectivity index is 1.17. The zero-order valence-corrected chi connectivity index (χ0v) is 35.4. The molecule has 61 heavy (non-hydrogen) atoms. The van der Waals surface area contributed by atoms with Gasteiger partial charge in [0.15, 0.2) is 5.82 Å². The lowest BCUT2D eigenvalue weighted by atomic mass is 9.96. The Morgan fingerprint density at radius 3 is 2.07 bits per heavy atom. The highest BCUT2D eigenvalue weighted by Gasteiger charge is 2.57. The molecule has 338 valence electrons. The number of nitriles is 2. The highest BCUT2D eigenvalue weighted by molar-refractivity contribution is 7.47. The number of hydrogen-bond donors (Lipinski definition) is 4. The van der Waals surface area contributed by atoms with Gasteiger partial charge in [-0.2, -0.15) is 28.8 Å². The van der Waals surface area contributed by atoms with Crippen LogP contribution in [0.5, 0.6) is 0 Å². The van der Waals surface area contributed by atoms with Gasteiger partial charge in [0.05, 0.1) is 36.6 Å². The fourth-order valence-corrected chi connectivity index (χ4v) is 8.23. The number of aliphatic hydroxyl groups excluding tert-OH is 2. The quantitative estimate of drug-likeness (QED) is 0.0291. The van der Waals surface area contributed by atoms with Crippen LogP contribution in [0.15, 0.2) is 36.7 Å². The van der Waals surface area contributed by atoms with Crippen LogP contribution in [-0.4, -0.2) is 73.0 Å². The Bertz CT molecular complexity index is 1930. The number of fused-ring (bicyclic) bond motifs is 1. The molecule has 19 heteroatoms. The highest BCUT2D eigenvalue weighted by atomic mass is 31.2. The molecule has 0 spiro atoms. The maximum atomic E-state index is 14.1. The molecular weight excluding hydrogens is 823 g/mol. The number of rotatable bonds is 29. The van der Waals surface area contributed by atoms with E-state index in [2.05, 4.69) is 10.1 Å². The van der Waals surface area contributed by atoms with Crippen LogP contribution in [-0.2, 0) is 29.7 Å². The number of halogens is 4. The summed E-state index contributed by atoms with van der Waals surface area (Å²) in [5.41, 5.74) is 4.77. The number of anilines is 1. The molecule has 0 bridgehead atoms. The second-order valence-electron chi connectivity index (χ2n) is 15.8. The van der Waals surface area contributed by atoms with Gasteiger partial charge in [0, 0.05) is 6.42 Å². The molecule has 3 aromatic rings. The average molecular weight is 883 g/mol. The van der Waals surface area contributed by atoms with Gasteiger partial charge in [-0.15, -0.1) is 0 Å². The maximum Gasteiger partial charge on any atom is 0.472 e. The summed E-state index contributed by atoms with van der Waals surface area (Å²) >= 11 is 0. The van der Waals surface area contributed by atoms with Gasteiger partial charge in [0.2, 0.25) is 5.60 Å². The Hall–Kier alpha value is -3.71. The molecule has 14 nitrogen and oxygen atoms in total. The first-order valence-corrected chi connectivity index (χ1v) is 22.7. The van der Waals surface area contributed by atoms with E-state index in [9.17, 15) is 47.8 Å². The molecule has 0 aliphatic carbocycles. The highest BCUT2D eigenvalue weighted by Crippen LogP contribution is 2.48. The average Bonchev–Trinajstić information content (AvgIpc) is 3.76. The van der Waals surface area contributed by atoms with E-state index in [0.29, 0.717) is 30.3 Å². The first-order chi connectivity index (χ1) is 29.2. The molecule has 0 saturated carbocycles. The molecule has 1 aliphatic rings. The number of benzene rings is 1. The van der Waals surface area contributed by atoms with Crippen LogP contribution in [0, 0.1) is 28.5 Å². The van der Waals surface area contributed by atoms with Gasteiger partial charge in [0.25, 0.3) is 0 Å². The summed E-state index contributed by atoms with van der Waals surface area (Å²) in [6.07, 6.45) is 8.04. The van der Waals surface area contributed by atoms with E-state index in [0.717, 1.165) is 70.3 Å². The smallest absolute Gasteiger partial charge is 0.387 e. The van der Waals surface area contributed by atoms with Crippen molar-refractivity contribution in [2.75, 3.05) is 18.9 Å². The number of nitrogen functional groups attached to an aromatic ring is 1. The third-order valence-electron chi connectivity index (χ3n) is 10.9. The molecule has 1 unspecified atom stereocenters. The predicted octanol–water partition coefficient (Wildman–Crippen LogP) is 9.07. The van der Waals surface area contributed by atoms with Crippen molar-refractivity contribution in [1.29, 1.82) is 10.5 Å². The molecule has 5 N–H and O–H groups in total. The van der Waals surface area contributed by atoms with Crippen LogP contribution < -0.4 is 5.73 Å². The molecular formula is C42H59F4N6O8P. The number of alkyl halides is 3. The van der Waals surface area contributed by atoms with Crippen LogP contribution in [0.25, 0.3) is 5.52 Å². The number of nitrogens with zero attached hydrogens (tertiary/aromatic N) is 5. The standard InChI is InChI=1S/C42H59F4N6O8P/c43-33-23-31(25-47)22-32(24-33)26-57-34(18-16-14-12-10-8-6-4-2-1-3-5-7-9-11-13-15-17-21-42(44,45)46)27-58-61(55,56)59-29-41(28-48)39(54)37(53)38(60-41)35-19-20-36-40(49)50-30-51-52(35)36/h19-20,22-24,30,34,37-39,53-54H,1-18,21,26-27,29H2,(H,55,56)(H2,49,50,51)/t34-,37+,38+,39+,41-/m1/s1. The number of ether oxygens (including phenoxy) is 2. The Labute approximate surface area is 354 Å². The minimum absolute atomic E-state index is 0.104. The van der Waals surface area contributed by atoms with Crippen molar-refractivity contribution in [3.8, 4) is 12.1 Å². The van der Waals surface area contributed by atoms with Gasteiger partial charge in [0.1, 0.15) is 48.6 Å². The lowest BCUT2D eigenvalue weighted by molar-refractivity contribution is -0.135. The van der Waals surface area contributed by atoms with Crippen LogP contribution in [0.1, 0.15) is 145 Å². The van der Waals surface area contributed by atoms with Crippen molar-refractivity contribution < 1.29 is 55.8 Å². The van der Waals surface area contributed by atoms with Gasteiger partial charge in [-0.3, -0.25) is 9.05 Å². The third kappa shape index (κ3) is 16.5. The fourth-order valence-electron chi connectivity index (χ4n) is 7.44. The fraction of sp³-hybridized carbons (Fsp3) is 0.667. The van der Waals surface area contributed by atoms with Crippen molar-refractivity contribution in [2.45, 2.75) is 165 Å². The zero-order valence-electron chi connectivity index (χ0n) is 34.5. The van der Waals surface area contributed by atoms with Crippen molar-refractivity contribution in [2.24, 2.45) is 0 Å². The summed E-state index contributed by atoms with van der Waals surface area (Å²) in [7, 11) is -4.90. The molecule has 3 heterocycles. The van der Waals surface area contributed by atoms with Gasteiger partial charge in [-0.25, -0.2) is 18.5 Å². The van der Waals surface area contributed by atoms with E-state index in [-0.39, 0.29) is 30.1 Å². The maximum absolute atomic E-state index is 14.1. The Morgan fingerprint density at radius 2 is 1.49 bits per heavy atom. The van der Waals surface area contributed by atoms with Crippen molar-refractivity contribution in [3.63, 3.8) is 0 Å². The van der Waals surface area contributed by atoms with E-state index in [1.165, 1.54) is 54.7 Å². The van der Waals surface area contributed by atoms with Crippen molar-refractivity contribution in [3.05, 3.63) is 59.3 Å². The van der Waals surface area contributed by atoms with Gasteiger partial charge >= 0.3 is 14.0 Å². The number of hydrogen-bond acceptors (Lipinski definition) is 12. The molecule has 1 saturated heterocycles. The van der Waals surface area contributed by atoms with Crippen LogP contribution in [0.4, 0.5) is 23.4 Å². The summed E-state index contributed by atoms with van der Waals surface area (Å²) in [5, 5.41) is 45.2. The minimum Gasteiger partial charge on any atom is -0.387 e. The number of aliphatic hydroxyl groups is 2. The van der Waals surface area contributed by atoms with Gasteiger partial charge in [-0.1, -0.05) is 103 Å². The lowest BCUT2D eigenvalue weighted by Crippen LogP contribution is -2.45. The monoisotopic (exact) mass is 882 g/mol. The molecule has 1 fully saturated rings. The van der Waals surface area contributed by atoms with E-state index in [1.54, 1.807) is 12.1 Å². The summed E-state index contributed by atoms with van der Waals surface area (Å²) in [6.45, 7) is -1.46. The third-order valence-corrected chi connectivity index (χ3v) is 11.8. The van der Waals surface area contributed by atoms with Crippen LogP contribution in [0.2, 0.25) is 0 Å². The lowest BCUT2D eigenvalue weighted by Gasteiger charge is -2.26. The first kappa shape index (κ1) is 49.9. The van der Waals surface area contributed by atoms with Crippen molar-refractivity contribution in [1.82, 2.24) is 14.6 Å². The van der Waals surface area contributed by atoms with Crippen molar-refractivity contribution >= 4 is 19.2 Å². The summed E-state index contributed by atoms with van der Waals surface area (Å²) < 4.78 is 87.4. The number of aromatic nitrogens is 3. The van der Waals surface area contributed by atoms with E-state index >= 15 is 0 Å². The zero-order chi connectivity index (χ0) is 44.3. The summed E-state index contributed by atoms with van der Waals surface area (Å²) in [6, 6.07) is 10.6. The van der Waals surface area contributed by atoms with Crippen LogP contribution >= 0.6 is 7.82 Å². The molecule has 2 aromatic heterocycles. The van der Waals surface area contributed by atoms with E-state index in [4.69, 9.17) is 24.3 Å². The molecule has 4 rings (SSSR count). The Kier molecular flexibility index (Phi) is 20.3. The van der Waals surface area contributed by atoms with Crippen LogP contribution in [0.3, 0.4) is 0 Å². The normalized spacial score (nSPS) is 20.7. The second kappa shape index (κ2) is 24.8. The number of phosphoric acid groups is 1.